The fourth-order valence-corrected chi connectivity index (χ4v) is 1.83. The second kappa shape index (κ2) is 5.20. The maximum Gasteiger partial charge on any atom is 0.314 e. The molecule has 0 unspecified atom stereocenters. The molecule has 0 atom stereocenters. The Balaban J connectivity index is 3.46. The smallest absolute Gasteiger partial charge is 0.314 e. The average molecular weight is 279 g/mol. The summed E-state index contributed by atoms with van der Waals surface area (Å²) in [5, 5.41) is 13.0. The number of hydrogen-bond donors (Lipinski definition) is 1. The van der Waals surface area contributed by atoms with E-state index in [4.69, 9.17) is 27.9 Å². The number of benzene rings is 1. The number of nitrogens with zero attached hydrogens (tertiary/aromatic N) is 1. The highest BCUT2D eigenvalue weighted by atomic mass is 35.5. The predicted octanol–water partition coefficient (Wildman–Crippen LogP) is 2.87. The van der Waals surface area contributed by atoms with Gasteiger partial charge >= 0.3 is 5.69 Å². The molecule has 6 nitrogen and oxygen atoms in total. The molecule has 0 radical (unpaired) electrons. The van der Waals surface area contributed by atoms with Crippen molar-refractivity contribution >= 4 is 40.5 Å². The van der Waals surface area contributed by atoms with Crippen molar-refractivity contribution in [3.05, 3.63) is 26.2 Å². The molecule has 0 saturated carbocycles. The summed E-state index contributed by atoms with van der Waals surface area (Å²) in [5.41, 5.74) is -0.278. The number of methoxy groups -OCH3 is 1. The molecule has 0 aliphatic carbocycles. The molecule has 0 aliphatic heterocycles. The maximum absolute atomic E-state index is 10.9. The van der Waals surface area contributed by atoms with Gasteiger partial charge in [0.15, 0.2) is 0 Å². The van der Waals surface area contributed by atoms with E-state index in [9.17, 15) is 14.9 Å². The zero-order chi connectivity index (χ0) is 13.2. The van der Waals surface area contributed by atoms with Crippen LogP contribution in [0, 0.1) is 10.1 Å². The summed E-state index contributed by atoms with van der Waals surface area (Å²) in [6.07, 6.45) is 0. The molecule has 1 aromatic rings. The van der Waals surface area contributed by atoms with Crippen molar-refractivity contribution in [1.29, 1.82) is 0 Å². The number of amides is 1. The van der Waals surface area contributed by atoms with E-state index in [2.05, 4.69) is 5.32 Å². The van der Waals surface area contributed by atoms with Gasteiger partial charge in [0.25, 0.3) is 0 Å². The third-order valence-electron chi connectivity index (χ3n) is 1.86. The standard InChI is InChI=1S/C9H8Cl2N2O4/c1-4(14)12-8-5(10)3-6(13(15)16)9(17-2)7(8)11/h3H,1-2H3,(H,12,14). The van der Waals surface area contributed by atoms with Crippen molar-refractivity contribution < 1.29 is 14.5 Å². The quantitative estimate of drug-likeness (QED) is 0.681. The Bertz CT molecular complexity index is 490. The molecule has 0 aromatic heterocycles. The minimum Gasteiger partial charge on any atom is -0.489 e. The first-order chi connectivity index (χ1) is 7.88. The molecule has 0 fully saturated rings. The summed E-state index contributed by atoms with van der Waals surface area (Å²) >= 11 is 11.7. The fraction of sp³-hybridized carbons (Fsp3) is 0.222. The third-order valence-corrected chi connectivity index (χ3v) is 2.51. The Hall–Kier alpha value is -1.53. The predicted molar refractivity (Wildman–Crippen MR) is 64.0 cm³/mol. The molecule has 17 heavy (non-hydrogen) atoms. The van der Waals surface area contributed by atoms with Crippen LogP contribution in [0.15, 0.2) is 6.07 Å². The van der Waals surface area contributed by atoms with Crippen LogP contribution in [0.3, 0.4) is 0 Å². The number of anilines is 1. The average Bonchev–Trinajstić information content (AvgIpc) is 2.23. The number of nitrogens with one attached hydrogen (secondary N) is 1. The Labute approximate surface area is 107 Å². The lowest BCUT2D eigenvalue weighted by Crippen LogP contribution is -2.08. The molecule has 1 N–H and O–H groups in total. The van der Waals surface area contributed by atoms with Crippen molar-refractivity contribution in [2.75, 3.05) is 12.4 Å². The highest BCUT2D eigenvalue weighted by Gasteiger charge is 2.24. The van der Waals surface area contributed by atoms with Gasteiger partial charge in [0, 0.05) is 13.0 Å². The minimum absolute atomic E-state index is 0.0299. The van der Waals surface area contributed by atoms with Crippen LogP contribution >= 0.6 is 23.2 Å². The molecule has 0 spiro atoms. The van der Waals surface area contributed by atoms with Crippen LogP contribution in [-0.2, 0) is 4.79 Å². The molecule has 1 aromatic carbocycles. The summed E-state index contributed by atoms with van der Waals surface area (Å²) in [6, 6.07) is 1.07. The minimum atomic E-state index is -0.672. The van der Waals surface area contributed by atoms with E-state index in [-0.39, 0.29) is 27.2 Å². The second-order valence-electron chi connectivity index (χ2n) is 3.04. The number of ether oxygens (including phenoxy) is 1. The fourth-order valence-electron chi connectivity index (χ4n) is 1.21. The van der Waals surface area contributed by atoms with Crippen LogP contribution in [-0.4, -0.2) is 17.9 Å². The Morgan fingerprint density at radius 2 is 2.12 bits per heavy atom. The van der Waals surface area contributed by atoms with Crippen molar-refractivity contribution in [2.45, 2.75) is 6.92 Å². The van der Waals surface area contributed by atoms with Crippen LogP contribution in [0.5, 0.6) is 5.75 Å². The zero-order valence-corrected chi connectivity index (χ0v) is 10.4. The van der Waals surface area contributed by atoms with Crippen LogP contribution in [0.25, 0.3) is 0 Å². The SMILES string of the molecule is COc1c([N+](=O)[O-])cc(Cl)c(NC(C)=O)c1Cl. The number of rotatable bonds is 3. The molecule has 0 saturated heterocycles. The van der Waals surface area contributed by atoms with Crippen LogP contribution < -0.4 is 10.1 Å². The number of nitro groups is 1. The third kappa shape index (κ3) is 2.78. The molecule has 0 aliphatic rings. The summed E-state index contributed by atoms with van der Waals surface area (Å²) in [6.45, 7) is 1.26. The van der Waals surface area contributed by atoms with Crippen LogP contribution in [0.1, 0.15) is 6.92 Å². The molecule has 8 heteroatoms. The Morgan fingerprint density at radius 1 is 1.53 bits per heavy atom. The molecule has 92 valence electrons. The largest absolute Gasteiger partial charge is 0.489 e. The summed E-state index contributed by atoms with van der Waals surface area (Å²) < 4.78 is 4.83. The molecule has 1 amide bonds. The first-order valence-electron chi connectivity index (χ1n) is 4.36. The van der Waals surface area contributed by atoms with Gasteiger partial charge in [-0.3, -0.25) is 14.9 Å². The van der Waals surface area contributed by atoms with Crippen molar-refractivity contribution in [3.8, 4) is 5.75 Å². The van der Waals surface area contributed by atoms with E-state index in [1.165, 1.54) is 14.0 Å². The van der Waals surface area contributed by atoms with Crippen molar-refractivity contribution in [1.82, 2.24) is 0 Å². The normalized spacial score (nSPS) is 9.88. The monoisotopic (exact) mass is 278 g/mol. The molecule has 0 bridgehead atoms. The van der Waals surface area contributed by atoms with E-state index in [0.29, 0.717) is 0 Å². The highest BCUT2D eigenvalue weighted by molar-refractivity contribution is 6.41. The van der Waals surface area contributed by atoms with E-state index >= 15 is 0 Å². The van der Waals surface area contributed by atoms with Crippen molar-refractivity contribution in [3.63, 3.8) is 0 Å². The van der Waals surface area contributed by atoms with Crippen LogP contribution in [0.2, 0.25) is 10.0 Å². The zero-order valence-electron chi connectivity index (χ0n) is 8.91. The lowest BCUT2D eigenvalue weighted by molar-refractivity contribution is -0.385. The molecular formula is C9H8Cl2N2O4. The van der Waals surface area contributed by atoms with Crippen LogP contribution in [0.4, 0.5) is 11.4 Å². The topological polar surface area (TPSA) is 81.5 Å². The highest BCUT2D eigenvalue weighted by Crippen LogP contribution is 2.44. The van der Waals surface area contributed by atoms with E-state index in [1.54, 1.807) is 0 Å². The lowest BCUT2D eigenvalue weighted by Gasteiger charge is -2.11. The molecule has 0 heterocycles. The van der Waals surface area contributed by atoms with Gasteiger partial charge in [-0.15, -0.1) is 0 Å². The second-order valence-corrected chi connectivity index (χ2v) is 3.82. The maximum atomic E-state index is 10.9. The number of carbonyl (C=O) groups excluding carboxylic acids is 1. The summed E-state index contributed by atoms with van der Waals surface area (Å²) in [5.74, 6) is -0.547. The molecule has 1 rings (SSSR count). The van der Waals surface area contributed by atoms with Gasteiger partial charge in [-0.25, -0.2) is 0 Å². The number of nitro benzene ring substituents is 1. The summed E-state index contributed by atoms with van der Waals surface area (Å²) in [7, 11) is 1.24. The lowest BCUT2D eigenvalue weighted by atomic mass is 10.2. The first kappa shape index (κ1) is 13.5. The van der Waals surface area contributed by atoms with Gasteiger partial charge in [-0.05, 0) is 0 Å². The van der Waals surface area contributed by atoms with Gasteiger partial charge in [-0.2, -0.15) is 0 Å². The number of carbonyl (C=O) groups is 1. The Morgan fingerprint density at radius 3 is 2.53 bits per heavy atom. The van der Waals surface area contributed by atoms with Gasteiger partial charge < -0.3 is 10.1 Å². The molecular weight excluding hydrogens is 271 g/mol. The number of hydrogen-bond acceptors (Lipinski definition) is 4. The van der Waals surface area contributed by atoms with Gasteiger partial charge in [0.05, 0.1) is 22.7 Å². The Kier molecular flexibility index (Phi) is 4.14. The summed E-state index contributed by atoms with van der Waals surface area (Å²) in [4.78, 5) is 21.0. The van der Waals surface area contributed by atoms with E-state index < -0.39 is 10.8 Å². The van der Waals surface area contributed by atoms with Crippen molar-refractivity contribution in [2.24, 2.45) is 0 Å². The van der Waals surface area contributed by atoms with E-state index in [1.807, 2.05) is 0 Å². The number of halogens is 2. The van der Waals surface area contributed by atoms with Gasteiger partial charge in [0.2, 0.25) is 11.7 Å². The van der Waals surface area contributed by atoms with E-state index in [0.717, 1.165) is 6.07 Å². The van der Waals surface area contributed by atoms with Gasteiger partial charge in [-0.1, -0.05) is 23.2 Å². The first-order valence-corrected chi connectivity index (χ1v) is 5.12. The van der Waals surface area contributed by atoms with Gasteiger partial charge in [0.1, 0.15) is 5.02 Å².